The summed E-state index contributed by atoms with van der Waals surface area (Å²) < 4.78 is 0. The zero-order valence-corrected chi connectivity index (χ0v) is 35.7. The lowest BCUT2D eigenvalue weighted by molar-refractivity contribution is -0.241. The number of hydrazone groups is 1. The van der Waals surface area contributed by atoms with Gasteiger partial charge in [-0.1, -0.05) is 97.1 Å². The monoisotopic (exact) mass is 787 g/mol. The zero-order valence-electron chi connectivity index (χ0n) is 34.2. The van der Waals surface area contributed by atoms with Crippen molar-refractivity contribution in [2.24, 2.45) is 10.1 Å². The molecule has 7 nitrogen and oxygen atoms in total. The van der Waals surface area contributed by atoms with E-state index >= 15 is 0 Å². The number of nitrogens with one attached hydrogen (secondary N) is 1. The molecule has 9 heteroatoms. The zero-order chi connectivity index (χ0) is 40.4. The van der Waals surface area contributed by atoms with E-state index in [1.54, 1.807) is 0 Å². The summed E-state index contributed by atoms with van der Waals surface area (Å²) in [5, 5.41) is 18.2. The van der Waals surface area contributed by atoms with Crippen molar-refractivity contribution < 1.29 is 10.0 Å². The smallest absolute Gasteiger partial charge is 0.262 e. The molecule has 0 spiro atoms. The van der Waals surface area contributed by atoms with Crippen molar-refractivity contribution in [2.75, 3.05) is 10.8 Å². The molecule has 0 saturated carbocycles. The summed E-state index contributed by atoms with van der Waals surface area (Å²) in [6.07, 6.45) is 8.72. The molecule has 298 valence electrons. The molecule has 2 fully saturated rings. The first-order valence-electron chi connectivity index (χ1n) is 19.2. The van der Waals surface area contributed by atoms with E-state index < -0.39 is 0 Å². The van der Waals surface area contributed by atoms with Crippen LogP contribution >= 0.6 is 23.2 Å². The van der Waals surface area contributed by atoms with Crippen LogP contribution in [-0.2, 0) is 11.4 Å². The minimum Gasteiger partial charge on any atom is -0.382 e. The van der Waals surface area contributed by atoms with Gasteiger partial charge in [-0.25, -0.2) is 0 Å². The maximum atomic E-state index is 9.80. The topological polar surface area (TPSA) is 72.7 Å². The van der Waals surface area contributed by atoms with Gasteiger partial charge < -0.3 is 10.0 Å². The third-order valence-corrected chi connectivity index (χ3v) is 9.82. The second kappa shape index (κ2) is 22.1. The summed E-state index contributed by atoms with van der Waals surface area (Å²) >= 11 is 9.53. The Labute approximate surface area is 341 Å². The Morgan fingerprint density at radius 3 is 1.55 bits per heavy atom. The highest BCUT2D eigenvalue weighted by molar-refractivity contribution is 6.40. The van der Waals surface area contributed by atoms with Crippen LogP contribution in [0, 0.1) is 0 Å². The molecule has 0 bridgehead atoms. The molecule has 0 atom stereocenters. The van der Waals surface area contributed by atoms with Crippen LogP contribution in [0.3, 0.4) is 0 Å². The first-order chi connectivity index (χ1) is 26.1. The van der Waals surface area contributed by atoms with E-state index in [-0.39, 0.29) is 27.5 Å². The van der Waals surface area contributed by atoms with Crippen LogP contribution in [0.2, 0.25) is 0 Å². The molecule has 55 heavy (non-hydrogen) atoms. The van der Waals surface area contributed by atoms with E-state index in [9.17, 15) is 5.21 Å². The van der Waals surface area contributed by atoms with Gasteiger partial charge >= 0.3 is 0 Å². The third kappa shape index (κ3) is 15.4. The number of para-hydroxylation sites is 1. The molecular formula is C46H63Cl2N5O2. The number of benzene rings is 4. The summed E-state index contributed by atoms with van der Waals surface area (Å²) in [5.74, 6) is 0.581. The molecule has 2 N–H and O–H groups in total. The Bertz CT molecular complexity index is 1670. The van der Waals surface area contributed by atoms with Crippen molar-refractivity contribution in [1.82, 2.24) is 10.1 Å². The van der Waals surface area contributed by atoms with Gasteiger partial charge in [0.05, 0.1) is 28.6 Å². The summed E-state index contributed by atoms with van der Waals surface area (Å²) in [5.41, 5.74) is 7.21. The number of hydrogen-bond donors (Lipinski definition) is 2. The molecule has 0 unspecified atom stereocenters. The third-order valence-electron chi connectivity index (χ3n) is 9.82. The van der Waals surface area contributed by atoms with Crippen molar-refractivity contribution in [3.05, 3.63) is 138 Å². The molecule has 0 radical (unpaired) electrons. The van der Waals surface area contributed by atoms with Crippen LogP contribution in [0.1, 0.15) is 111 Å². The van der Waals surface area contributed by atoms with E-state index in [1.165, 1.54) is 23.5 Å². The van der Waals surface area contributed by atoms with E-state index in [0.717, 1.165) is 49.0 Å². The van der Waals surface area contributed by atoms with Gasteiger partial charge in [-0.3, -0.25) is 10.4 Å². The van der Waals surface area contributed by atoms with E-state index in [1.807, 2.05) is 103 Å². The lowest BCUT2D eigenvalue weighted by atomic mass is 9.82. The number of rotatable bonds is 7. The number of hydrogen-bond acceptors (Lipinski definition) is 7. The number of nitrogens with zero attached hydrogens (tertiary/aromatic N) is 4. The number of halogens is 2. The second-order valence-electron chi connectivity index (χ2n) is 16.4. The Hall–Kier alpha value is -3.72. The molecule has 4 aromatic carbocycles. The molecular weight excluding hydrogens is 725 g/mol. The Kier molecular flexibility index (Phi) is 18.4. The minimum absolute atomic E-state index is 0.0399. The van der Waals surface area contributed by atoms with Crippen molar-refractivity contribution in [3.8, 4) is 0 Å². The molecule has 4 aromatic rings. The lowest BCUT2D eigenvalue weighted by Gasteiger charge is -2.50. The van der Waals surface area contributed by atoms with Gasteiger partial charge in [0.25, 0.3) is 5.90 Å². The molecule has 2 heterocycles. The molecule has 0 amide bonds. The number of alkyl halides is 2. The van der Waals surface area contributed by atoms with E-state index in [4.69, 9.17) is 28.0 Å². The van der Waals surface area contributed by atoms with Crippen LogP contribution in [0.4, 0.5) is 5.69 Å². The maximum Gasteiger partial charge on any atom is 0.262 e. The van der Waals surface area contributed by atoms with Crippen molar-refractivity contribution >= 4 is 41.0 Å². The van der Waals surface area contributed by atoms with Crippen LogP contribution in [-0.4, -0.2) is 54.9 Å². The van der Waals surface area contributed by atoms with Gasteiger partial charge in [-0.05, 0) is 129 Å². The molecule has 2 saturated heterocycles. The van der Waals surface area contributed by atoms with Gasteiger partial charge in [-0.15, -0.1) is 33.4 Å². The predicted molar refractivity (Wildman–Crippen MR) is 234 cm³/mol. The van der Waals surface area contributed by atoms with Gasteiger partial charge in [0.2, 0.25) is 0 Å². The minimum atomic E-state index is -0.0515. The average molecular weight is 789 g/mol. The second-order valence-corrected chi connectivity index (χ2v) is 17.2. The average Bonchev–Trinajstić information content (AvgIpc) is 3.15. The standard InChI is InChI=1S/C22H29N3O.C14H13N.C9H19NO.CH2Cl2/c1-21(2)16-11-17-22(3,4)25(21)26-20(18-12-7-5-8-13-18)24-23-19-14-9-6-10-15-19;1-3-7-13(8-4-1)11-15-12-14-9-5-2-6-10-14;1-8(2)6-5-7-9(3,4)10(8)11;2-1-3/h5-10,12-15,23H,11,16-17H2,1-4H3;1-11H,12H2;11H,5-7H2,1-4H3;1H2/b24-20-;;;. The highest BCUT2D eigenvalue weighted by Crippen LogP contribution is 2.39. The molecule has 0 aromatic heterocycles. The predicted octanol–water partition coefficient (Wildman–Crippen LogP) is 12.6. The van der Waals surface area contributed by atoms with Crippen LogP contribution < -0.4 is 5.43 Å². The normalized spacial score (nSPS) is 18.6. The van der Waals surface area contributed by atoms with Crippen LogP contribution in [0.5, 0.6) is 0 Å². The molecule has 0 aliphatic carbocycles. The van der Waals surface area contributed by atoms with Gasteiger partial charge in [0.1, 0.15) is 0 Å². The number of anilines is 1. The van der Waals surface area contributed by atoms with Gasteiger partial charge in [-0.2, -0.15) is 5.06 Å². The van der Waals surface area contributed by atoms with E-state index in [2.05, 4.69) is 100 Å². The summed E-state index contributed by atoms with van der Waals surface area (Å²) in [6.45, 7) is 18.1. The quantitative estimate of drug-likeness (QED) is 0.0844. The number of piperidine rings is 2. The van der Waals surface area contributed by atoms with Gasteiger partial charge in [0.15, 0.2) is 0 Å². The van der Waals surface area contributed by atoms with Crippen LogP contribution in [0.15, 0.2) is 131 Å². The lowest BCUT2D eigenvalue weighted by Crippen LogP contribution is -2.58. The number of aliphatic imine (C=N–C) groups is 1. The first kappa shape index (κ1) is 45.7. The Morgan fingerprint density at radius 2 is 1.07 bits per heavy atom. The SMILES string of the molecule is C(=NCc1ccccc1)c1ccccc1.CC1(C)CCCC(C)(C)N1O.CC1(C)CCCC(C)(C)N1O/C(=N\Nc1ccccc1)c1ccccc1.ClCCl. The van der Waals surface area contributed by atoms with Crippen LogP contribution in [0.25, 0.3) is 0 Å². The summed E-state index contributed by atoms with van der Waals surface area (Å²) in [6, 6.07) is 40.4. The Balaban J connectivity index is 0.000000236. The fourth-order valence-corrected chi connectivity index (χ4v) is 7.02. The fraction of sp³-hybridized carbons (Fsp3) is 0.435. The first-order valence-corrected chi connectivity index (χ1v) is 20.3. The van der Waals surface area contributed by atoms with E-state index in [0.29, 0.717) is 5.90 Å². The van der Waals surface area contributed by atoms with Crippen molar-refractivity contribution in [3.63, 3.8) is 0 Å². The summed E-state index contributed by atoms with van der Waals surface area (Å²) in [7, 11) is 0. The Morgan fingerprint density at radius 1 is 0.655 bits per heavy atom. The van der Waals surface area contributed by atoms with Crippen molar-refractivity contribution in [2.45, 2.75) is 123 Å². The molecule has 2 aliphatic rings. The highest BCUT2D eigenvalue weighted by atomic mass is 35.5. The number of hydroxylamine groups is 4. The van der Waals surface area contributed by atoms with Gasteiger partial charge in [0, 0.05) is 22.9 Å². The molecule has 6 rings (SSSR count). The largest absolute Gasteiger partial charge is 0.382 e. The maximum absolute atomic E-state index is 9.80. The van der Waals surface area contributed by atoms with Crippen molar-refractivity contribution in [1.29, 1.82) is 0 Å². The summed E-state index contributed by atoms with van der Waals surface area (Å²) in [4.78, 5) is 10.8. The fourth-order valence-electron chi connectivity index (χ4n) is 7.02. The molecule has 2 aliphatic heterocycles. The highest BCUT2D eigenvalue weighted by Gasteiger charge is 2.44.